The summed E-state index contributed by atoms with van der Waals surface area (Å²) in [4.78, 5) is 27.1. The van der Waals surface area contributed by atoms with Crippen molar-refractivity contribution in [3.8, 4) is 0 Å². The Bertz CT molecular complexity index is 699. The molecule has 0 aliphatic heterocycles. The van der Waals surface area contributed by atoms with Crippen molar-refractivity contribution < 1.29 is 9.59 Å². The van der Waals surface area contributed by atoms with Crippen molar-refractivity contribution in [1.29, 1.82) is 0 Å². The summed E-state index contributed by atoms with van der Waals surface area (Å²) in [5, 5.41) is 10.5. The van der Waals surface area contributed by atoms with Gasteiger partial charge in [-0.2, -0.15) is 5.10 Å². The lowest BCUT2D eigenvalue weighted by Gasteiger charge is -2.56. The second-order valence-electron chi connectivity index (χ2n) is 9.45. The van der Waals surface area contributed by atoms with E-state index in [1.807, 2.05) is 20.8 Å². The zero-order valence-corrected chi connectivity index (χ0v) is 17.0. The van der Waals surface area contributed by atoms with Crippen LogP contribution in [0.5, 0.6) is 0 Å². The minimum absolute atomic E-state index is 0.0337. The molecule has 1 aromatic rings. The van der Waals surface area contributed by atoms with Crippen LogP contribution in [0.25, 0.3) is 0 Å². The van der Waals surface area contributed by atoms with Crippen LogP contribution in [0.1, 0.15) is 74.9 Å². The molecule has 4 saturated carbocycles. The first kappa shape index (κ1) is 18.5. The van der Waals surface area contributed by atoms with E-state index >= 15 is 0 Å². The molecule has 1 unspecified atom stereocenters. The number of H-pyrrole nitrogens is 1. The Morgan fingerprint density at radius 2 is 1.74 bits per heavy atom. The highest BCUT2D eigenvalue weighted by atomic mass is 16.2. The Morgan fingerprint density at radius 1 is 1.19 bits per heavy atom. The molecule has 4 fully saturated rings. The molecule has 1 aromatic heterocycles. The van der Waals surface area contributed by atoms with E-state index in [0.29, 0.717) is 0 Å². The standard InChI is InChI=1S/C21H32N4O2/c1-12-20(13(2)24-23-12)14(3)25(4)19(27)8-18(26)22-21-9-15-5-16(10-21)7-17(6-15)11-21/h14-17H,5-11H2,1-4H3,(H,22,26)(H,23,24). The quantitative estimate of drug-likeness (QED) is 0.780. The highest BCUT2D eigenvalue weighted by molar-refractivity contribution is 5.97. The van der Waals surface area contributed by atoms with E-state index in [4.69, 9.17) is 0 Å². The summed E-state index contributed by atoms with van der Waals surface area (Å²) < 4.78 is 0. The van der Waals surface area contributed by atoms with Gasteiger partial charge in [0.2, 0.25) is 11.8 Å². The summed E-state index contributed by atoms with van der Waals surface area (Å²) in [5.74, 6) is 2.09. The zero-order chi connectivity index (χ0) is 19.3. The van der Waals surface area contributed by atoms with Gasteiger partial charge in [0, 0.05) is 23.8 Å². The van der Waals surface area contributed by atoms with Gasteiger partial charge in [0.15, 0.2) is 0 Å². The summed E-state index contributed by atoms with van der Waals surface area (Å²) >= 11 is 0. The number of amides is 2. The molecule has 27 heavy (non-hydrogen) atoms. The van der Waals surface area contributed by atoms with E-state index < -0.39 is 0 Å². The summed E-state index contributed by atoms with van der Waals surface area (Å²) in [6, 6.07) is -0.108. The van der Waals surface area contributed by atoms with Crippen molar-refractivity contribution in [3.05, 3.63) is 17.0 Å². The summed E-state index contributed by atoms with van der Waals surface area (Å²) in [7, 11) is 1.77. The molecule has 4 bridgehead atoms. The molecular weight excluding hydrogens is 340 g/mol. The molecule has 4 aliphatic rings. The second kappa shape index (κ2) is 6.64. The molecule has 148 valence electrons. The average Bonchev–Trinajstić information content (AvgIpc) is 2.90. The number of hydrogen-bond donors (Lipinski definition) is 2. The van der Waals surface area contributed by atoms with Crippen molar-refractivity contribution in [2.75, 3.05) is 7.05 Å². The molecule has 2 amide bonds. The zero-order valence-electron chi connectivity index (χ0n) is 17.0. The monoisotopic (exact) mass is 372 g/mol. The molecule has 1 heterocycles. The van der Waals surface area contributed by atoms with E-state index in [2.05, 4.69) is 15.5 Å². The van der Waals surface area contributed by atoms with Crippen molar-refractivity contribution in [2.24, 2.45) is 17.8 Å². The van der Waals surface area contributed by atoms with Gasteiger partial charge in [0.1, 0.15) is 6.42 Å². The van der Waals surface area contributed by atoms with Gasteiger partial charge in [0.05, 0.1) is 11.7 Å². The lowest BCUT2D eigenvalue weighted by Crippen LogP contribution is -2.60. The predicted molar refractivity (Wildman–Crippen MR) is 103 cm³/mol. The fraction of sp³-hybridized carbons (Fsp3) is 0.762. The number of carbonyl (C=O) groups excluding carboxylic acids is 2. The van der Waals surface area contributed by atoms with Crippen LogP contribution >= 0.6 is 0 Å². The third kappa shape index (κ3) is 3.39. The number of nitrogens with one attached hydrogen (secondary N) is 2. The minimum atomic E-state index is -0.135. The van der Waals surface area contributed by atoms with Crippen LogP contribution in [0.15, 0.2) is 0 Å². The van der Waals surface area contributed by atoms with Crippen LogP contribution in [-0.4, -0.2) is 39.5 Å². The largest absolute Gasteiger partial charge is 0.350 e. The molecule has 6 nitrogen and oxygen atoms in total. The Hall–Kier alpha value is -1.85. The lowest BCUT2D eigenvalue weighted by atomic mass is 9.53. The molecule has 0 aromatic carbocycles. The molecule has 0 spiro atoms. The minimum Gasteiger partial charge on any atom is -0.350 e. The molecular formula is C21H32N4O2. The Labute approximate surface area is 161 Å². The number of rotatable bonds is 5. The third-order valence-corrected chi connectivity index (χ3v) is 7.33. The topological polar surface area (TPSA) is 78.1 Å². The normalized spacial score (nSPS) is 32.4. The van der Waals surface area contributed by atoms with Gasteiger partial charge in [-0.3, -0.25) is 14.7 Å². The molecule has 0 radical (unpaired) electrons. The Kier molecular flexibility index (Phi) is 4.55. The van der Waals surface area contributed by atoms with Crippen LogP contribution in [0.2, 0.25) is 0 Å². The maximum atomic E-state index is 12.7. The fourth-order valence-corrected chi connectivity index (χ4v) is 6.45. The smallest absolute Gasteiger partial charge is 0.232 e. The predicted octanol–water partition coefficient (Wildman–Crippen LogP) is 3.02. The maximum Gasteiger partial charge on any atom is 0.232 e. The van der Waals surface area contributed by atoms with Crippen LogP contribution in [-0.2, 0) is 9.59 Å². The number of nitrogens with zero attached hydrogens (tertiary/aromatic N) is 2. The van der Waals surface area contributed by atoms with Gasteiger partial charge >= 0.3 is 0 Å². The number of aromatic nitrogens is 2. The first-order valence-electron chi connectivity index (χ1n) is 10.3. The third-order valence-electron chi connectivity index (χ3n) is 7.33. The first-order valence-corrected chi connectivity index (χ1v) is 10.3. The van der Waals surface area contributed by atoms with E-state index in [1.165, 1.54) is 19.3 Å². The number of carbonyl (C=O) groups is 2. The van der Waals surface area contributed by atoms with Crippen molar-refractivity contribution in [1.82, 2.24) is 20.4 Å². The van der Waals surface area contributed by atoms with Crippen molar-refractivity contribution >= 4 is 11.8 Å². The van der Waals surface area contributed by atoms with Crippen LogP contribution < -0.4 is 5.32 Å². The number of aromatic amines is 1. The maximum absolute atomic E-state index is 12.7. The van der Waals surface area contributed by atoms with E-state index in [1.54, 1.807) is 11.9 Å². The van der Waals surface area contributed by atoms with Crippen LogP contribution in [0.4, 0.5) is 0 Å². The molecule has 5 rings (SSSR count). The molecule has 6 heteroatoms. The van der Waals surface area contributed by atoms with Gasteiger partial charge < -0.3 is 10.2 Å². The molecule has 0 saturated heterocycles. The summed E-state index contributed by atoms with van der Waals surface area (Å²) in [6.07, 6.45) is 7.29. The fourth-order valence-electron chi connectivity index (χ4n) is 6.45. The van der Waals surface area contributed by atoms with Crippen LogP contribution in [0, 0.1) is 31.6 Å². The van der Waals surface area contributed by atoms with Gasteiger partial charge in [-0.25, -0.2) is 0 Å². The highest BCUT2D eigenvalue weighted by Crippen LogP contribution is 2.55. The van der Waals surface area contributed by atoms with E-state index in [0.717, 1.165) is 54.0 Å². The van der Waals surface area contributed by atoms with E-state index in [-0.39, 0.29) is 29.8 Å². The van der Waals surface area contributed by atoms with Gasteiger partial charge in [-0.1, -0.05) is 0 Å². The second-order valence-corrected chi connectivity index (χ2v) is 9.45. The van der Waals surface area contributed by atoms with Gasteiger partial charge in [0.25, 0.3) is 0 Å². The number of aryl methyl sites for hydroxylation is 2. The SMILES string of the molecule is Cc1n[nH]c(C)c1C(C)N(C)C(=O)CC(=O)NC12CC3CC(CC(C3)C1)C2. The van der Waals surface area contributed by atoms with E-state index in [9.17, 15) is 9.59 Å². The Morgan fingerprint density at radius 3 is 2.22 bits per heavy atom. The summed E-state index contributed by atoms with van der Waals surface area (Å²) in [5.41, 5.74) is 2.87. The van der Waals surface area contributed by atoms with Crippen molar-refractivity contribution in [3.63, 3.8) is 0 Å². The van der Waals surface area contributed by atoms with Crippen LogP contribution in [0.3, 0.4) is 0 Å². The molecule has 1 atom stereocenters. The molecule has 4 aliphatic carbocycles. The summed E-state index contributed by atoms with van der Waals surface area (Å²) in [6.45, 7) is 5.89. The number of hydrogen-bond acceptors (Lipinski definition) is 3. The average molecular weight is 373 g/mol. The molecule has 2 N–H and O–H groups in total. The van der Waals surface area contributed by atoms with Crippen molar-refractivity contribution in [2.45, 2.75) is 77.3 Å². The van der Waals surface area contributed by atoms with Gasteiger partial charge in [-0.15, -0.1) is 0 Å². The van der Waals surface area contributed by atoms with Gasteiger partial charge in [-0.05, 0) is 77.0 Å². The highest BCUT2D eigenvalue weighted by Gasteiger charge is 2.51. The lowest BCUT2D eigenvalue weighted by molar-refractivity contribution is -0.138. The Balaban J connectivity index is 1.37. The first-order chi connectivity index (χ1) is 12.8.